The summed E-state index contributed by atoms with van der Waals surface area (Å²) in [6, 6.07) is 8.47. The minimum atomic E-state index is -0.516. The zero-order valence-corrected chi connectivity index (χ0v) is 11.9. The van der Waals surface area contributed by atoms with E-state index in [0.717, 1.165) is 37.9 Å². The van der Waals surface area contributed by atoms with Crippen molar-refractivity contribution in [3.8, 4) is 0 Å². The van der Waals surface area contributed by atoms with Gasteiger partial charge in [-0.2, -0.15) is 0 Å². The molecule has 1 aliphatic rings. The zero-order chi connectivity index (χ0) is 13.9. The predicted octanol–water partition coefficient (Wildman–Crippen LogP) is 2.84. The van der Waals surface area contributed by atoms with E-state index >= 15 is 0 Å². The first-order chi connectivity index (χ1) is 9.81. The van der Waals surface area contributed by atoms with Crippen molar-refractivity contribution in [3.63, 3.8) is 0 Å². The Bertz CT molecular complexity index is 579. The maximum absolute atomic E-state index is 10.8. The number of fused-ring (bicyclic) bond motifs is 1. The monoisotopic (exact) mass is 271 g/mol. The maximum Gasteiger partial charge on any atom is 0.104 e. The fourth-order valence-corrected chi connectivity index (χ4v) is 3.21. The summed E-state index contributed by atoms with van der Waals surface area (Å²) in [4.78, 5) is 0. The molecule has 1 aliphatic carbocycles. The van der Waals surface area contributed by atoms with Gasteiger partial charge in [0.05, 0.1) is 11.9 Å². The van der Waals surface area contributed by atoms with Crippen LogP contribution in [0.25, 0.3) is 0 Å². The molecular weight excluding hydrogens is 250 g/mol. The second kappa shape index (κ2) is 5.75. The SMILES string of the molecule is CCCn1nncc1C(O)C1CCCc2ccccc21. The summed E-state index contributed by atoms with van der Waals surface area (Å²) in [5.41, 5.74) is 3.50. The molecule has 0 amide bonds. The number of hydrogen-bond acceptors (Lipinski definition) is 3. The molecule has 0 saturated carbocycles. The van der Waals surface area contributed by atoms with Crippen LogP contribution in [0.3, 0.4) is 0 Å². The first-order valence-corrected chi connectivity index (χ1v) is 7.45. The third kappa shape index (κ3) is 2.36. The van der Waals surface area contributed by atoms with Gasteiger partial charge in [0.1, 0.15) is 6.10 Å². The molecule has 1 aromatic heterocycles. The van der Waals surface area contributed by atoms with Gasteiger partial charge in [0.2, 0.25) is 0 Å². The van der Waals surface area contributed by atoms with Crippen molar-refractivity contribution < 1.29 is 5.11 Å². The van der Waals surface area contributed by atoms with Crippen LogP contribution in [0.5, 0.6) is 0 Å². The van der Waals surface area contributed by atoms with Crippen molar-refractivity contribution in [1.29, 1.82) is 0 Å². The molecule has 2 aromatic rings. The molecule has 106 valence electrons. The van der Waals surface area contributed by atoms with Gasteiger partial charge in [-0.25, -0.2) is 4.68 Å². The lowest BCUT2D eigenvalue weighted by atomic mass is 9.79. The number of aliphatic hydroxyl groups excluding tert-OH is 1. The van der Waals surface area contributed by atoms with Gasteiger partial charge < -0.3 is 5.11 Å². The molecule has 1 heterocycles. The second-order valence-electron chi connectivity index (χ2n) is 5.52. The number of rotatable bonds is 4. The number of benzene rings is 1. The molecule has 20 heavy (non-hydrogen) atoms. The second-order valence-corrected chi connectivity index (χ2v) is 5.52. The Morgan fingerprint density at radius 3 is 3.10 bits per heavy atom. The van der Waals surface area contributed by atoms with Gasteiger partial charge in [-0.1, -0.05) is 36.4 Å². The van der Waals surface area contributed by atoms with Gasteiger partial charge in [0.25, 0.3) is 0 Å². The molecule has 0 aliphatic heterocycles. The molecular formula is C16H21N3O. The fraction of sp³-hybridized carbons (Fsp3) is 0.500. The highest BCUT2D eigenvalue weighted by Crippen LogP contribution is 2.39. The van der Waals surface area contributed by atoms with Gasteiger partial charge >= 0.3 is 0 Å². The molecule has 2 atom stereocenters. The first kappa shape index (κ1) is 13.3. The topological polar surface area (TPSA) is 50.9 Å². The molecule has 0 bridgehead atoms. The Morgan fingerprint density at radius 1 is 1.40 bits per heavy atom. The van der Waals surface area contributed by atoms with Crippen molar-refractivity contribution in [3.05, 3.63) is 47.3 Å². The molecule has 0 radical (unpaired) electrons. The van der Waals surface area contributed by atoms with E-state index in [9.17, 15) is 5.11 Å². The molecule has 0 spiro atoms. The first-order valence-electron chi connectivity index (χ1n) is 7.45. The van der Waals surface area contributed by atoms with Crippen LogP contribution < -0.4 is 0 Å². The Labute approximate surface area is 119 Å². The zero-order valence-electron chi connectivity index (χ0n) is 11.9. The van der Waals surface area contributed by atoms with E-state index in [2.05, 4.69) is 41.5 Å². The normalized spacial score (nSPS) is 19.6. The van der Waals surface area contributed by atoms with E-state index in [-0.39, 0.29) is 5.92 Å². The quantitative estimate of drug-likeness (QED) is 0.930. The smallest absolute Gasteiger partial charge is 0.104 e. The van der Waals surface area contributed by atoms with Crippen molar-refractivity contribution >= 4 is 0 Å². The van der Waals surface area contributed by atoms with Crippen LogP contribution in [0.2, 0.25) is 0 Å². The van der Waals surface area contributed by atoms with Gasteiger partial charge in [0.15, 0.2) is 0 Å². The molecule has 3 rings (SSSR count). The standard InChI is InChI=1S/C16H21N3O/c1-2-10-19-15(11-17-18-19)16(20)14-9-5-7-12-6-3-4-8-13(12)14/h3-4,6,8,11,14,16,20H,2,5,7,9-10H2,1H3. The highest BCUT2D eigenvalue weighted by molar-refractivity contribution is 5.34. The summed E-state index contributed by atoms with van der Waals surface area (Å²) in [7, 11) is 0. The van der Waals surface area contributed by atoms with Crippen molar-refractivity contribution in [1.82, 2.24) is 15.0 Å². The van der Waals surface area contributed by atoms with Crippen LogP contribution in [0.4, 0.5) is 0 Å². The molecule has 0 saturated heterocycles. The highest BCUT2D eigenvalue weighted by atomic mass is 16.3. The average Bonchev–Trinajstić information content (AvgIpc) is 2.94. The molecule has 1 aromatic carbocycles. The van der Waals surface area contributed by atoms with Crippen LogP contribution in [0.1, 0.15) is 55.0 Å². The summed E-state index contributed by atoms with van der Waals surface area (Å²) in [5, 5.41) is 18.8. The number of hydrogen-bond donors (Lipinski definition) is 1. The van der Waals surface area contributed by atoms with Crippen LogP contribution in [-0.4, -0.2) is 20.1 Å². The van der Waals surface area contributed by atoms with Gasteiger partial charge in [-0.05, 0) is 36.8 Å². The van der Waals surface area contributed by atoms with Crippen molar-refractivity contribution in [2.24, 2.45) is 0 Å². The molecule has 4 heteroatoms. The molecule has 1 N–H and O–H groups in total. The Kier molecular flexibility index (Phi) is 3.83. The van der Waals surface area contributed by atoms with Crippen molar-refractivity contribution in [2.75, 3.05) is 0 Å². The van der Waals surface area contributed by atoms with Gasteiger partial charge in [-0.3, -0.25) is 0 Å². The maximum atomic E-state index is 10.8. The van der Waals surface area contributed by atoms with E-state index in [1.165, 1.54) is 11.1 Å². The fourth-order valence-electron chi connectivity index (χ4n) is 3.21. The number of nitrogens with zero attached hydrogens (tertiary/aromatic N) is 3. The largest absolute Gasteiger partial charge is 0.386 e. The van der Waals surface area contributed by atoms with Crippen molar-refractivity contribution in [2.45, 2.75) is 51.2 Å². The Morgan fingerprint density at radius 2 is 2.25 bits per heavy atom. The van der Waals surface area contributed by atoms with E-state index in [0.29, 0.717) is 0 Å². The number of aliphatic hydroxyl groups is 1. The average molecular weight is 271 g/mol. The van der Waals surface area contributed by atoms with E-state index < -0.39 is 6.10 Å². The number of aromatic nitrogens is 3. The predicted molar refractivity (Wildman–Crippen MR) is 77.4 cm³/mol. The summed E-state index contributed by atoms with van der Waals surface area (Å²) in [6.45, 7) is 2.91. The molecule has 2 unspecified atom stereocenters. The third-order valence-electron chi connectivity index (χ3n) is 4.18. The summed E-state index contributed by atoms with van der Waals surface area (Å²) >= 11 is 0. The lowest BCUT2D eigenvalue weighted by Gasteiger charge is -2.29. The Balaban J connectivity index is 1.91. The molecule has 4 nitrogen and oxygen atoms in total. The van der Waals surface area contributed by atoms with E-state index in [4.69, 9.17) is 0 Å². The summed E-state index contributed by atoms with van der Waals surface area (Å²) < 4.78 is 1.84. The summed E-state index contributed by atoms with van der Waals surface area (Å²) in [6.07, 6.45) is 5.45. The van der Waals surface area contributed by atoms with E-state index in [1.807, 2.05) is 4.68 Å². The van der Waals surface area contributed by atoms with E-state index in [1.54, 1.807) is 6.20 Å². The minimum Gasteiger partial charge on any atom is -0.386 e. The van der Waals surface area contributed by atoms with Crippen LogP contribution in [0, 0.1) is 0 Å². The van der Waals surface area contributed by atoms with Crippen LogP contribution in [0.15, 0.2) is 30.5 Å². The Hall–Kier alpha value is -1.68. The lowest BCUT2D eigenvalue weighted by molar-refractivity contribution is 0.126. The summed E-state index contributed by atoms with van der Waals surface area (Å²) in [5.74, 6) is 0.161. The van der Waals surface area contributed by atoms with Crippen LogP contribution in [-0.2, 0) is 13.0 Å². The third-order valence-corrected chi connectivity index (χ3v) is 4.18. The molecule has 0 fully saturated rings. The highest BCUT2D eigenvalue weighted by Gasteiger charge is 2.29. The minimum absolute atomic E-state index is 0.161. The number of aryl methyl sites for hydroxylation is 2. The van der Waals surface area contributed by atoms with Gasteiger partial charge in [0, 0.05) is 12.5 Å². The lowest BCUT2D eigenvalue weighted by Crippen LogP contribution is -2.20. The van der Waals surface area contributed by atoms with Crippen LogP contribution >= 0.6 is 0 Å². The van der Waals surface area contributed by atoms with Gasteiger partial charge in [-0.15, -0.1) is 5.10 Å².